The number of aliphatic carboxylic acids is 1. The number of carbonyl (C=O) groups excluding carboxylic acids is 1. The van der Waals surface area contributed by atoms with Gasteiger partial charge in [-0.05, 0) is 25.3 Å². The lowest BCUT2D eigenvalue weighted by Gasteiger charge is -2.16. The first kappa shape index (κ1) is 15.2. The van der Waals surface area contributed by atoms with Gasteiger partial charge in [-0.2, -0.15) is 5.10 Å². The normalized spacial score (nSPS) is 12.5. The Morgan fingerprint density at radius 2 is 2.11 bits per heavy atom. The number of nitrogens with one attached hydrogen (secondary N) is 1. The van der Waals surface area contributed by atoms with Crippen LogP contribution in [0.25, 0.3) is 0 Å². The molecule has 0 fully saturated rings. The van der Waals surface area contributed by atoms with Crippen LogP contribution in [0.5, 0.6) is 0 Å². The molecule has 6 nitrogen and oxygen atoms in total. The number of carbonyl (C=O) groups is 2. The second kappa shape index (κ2) is 6.36. The van der Waals surface area contributed by atoms with Crippen molar-refractivity contribution in [1.82, 2.24) is 15.1 Å². The van der Waals surface area contributed by atoms with Crippen LogP contribution in [-0.2, 0) is 23.1 Å². The van der Waals surface area contributed by atoms with Gasteiger partial charge in [-0.3, -0.25) is 9.48 Å². The van der Waals surface area contributed by atoms with Crippen molar-refractivity contribution in [3.8, 4) is 0 Å². The second-order valence-corrected chi connectivity index (χ2v) is 5.17. The Morgan fingerprint density at radius 1 is 1.47 bits per heavy atom. The SMILES string of the molecule is Cc1cc(CC(=O)N[C@H](CC(C)C)C(=O)O)n(C)n1. The van der Waals surface area contributed by atoms with Gasteiger partial charge in [0.1, 0.15) is 6.04 Å². The van der Waals surface area contributed by atoms with Gasteiger partial charge in [0.05, 0.1) is 12.1 Å². The van der Waals surface area contributed by atoms with E-state index in [9.17, 15) is 9.59 Å². The summed E-state index contributed by atoms with van der Waals surface area (Å²) in [6.07, 6.45) is 0.560. The lowest BCUT2D eigenvalue weighted by molar-refractivity contribution is -0.142. The summed E-state index contributed by atoms with van der Waals surface area (Å²) in [7, 11) is 1.76. The third kappa shape index (κ3) is 4.73. The minimum Gasteiger partial charge on any atom is -0.480 e. The average molecular weight is 267 g/mol. The number of carboxylic acid groups (broad SMARTS) is 1. The Hall–Kier alpha value is -1.85. The highest BCUT2D eigenvalue weighted by Crippen LogP contribution is 2.07. The van der Waals surface area contributed by atoms with E-state index in [0.29, 0.717) is 6.42 Å². The van der Waals surface area contributed by atoms with E-state index in [1.54, 1.807) is 11.7 Å². The molecule has 1 aromatic rings. The van der Waals surface area contributed by atoms with Crippen LogP contribution in [0.15, 0.2) is 6.07 Å². The number of rotatable bonds is 6. The number of aryl methyl sites for hydroxylation is 2. The molecular formula is C13H21N3O3. The molecule has 0 unspecified atom stereocenters. The van der Waals surface area contributed by atoms with Crippen LogP contribution in [-0.4, -0.2) is 32.8 Å². The maximum atomic E-state index is 11.9. The third-order valence-corrected chi connectivity index (χ3v) is 2.78. The van der Waals surface area contributed by atoms with Crippen molar-refractivity contribution in [1.29, 1.82) is 0 Å². The number of carboxylic acids is 1. The molecule has 0 aromatic carbocycles. The van der Waals surface area contributed by atoms with Crippen molar-refractivity contribution < 1.29 is 14.7 Å². The quantitative estimate of drug-likeness (QED) is 0.801. The number of amides is 1. The molecule has 1 heterocycles. The minimum atomic E-state index is -0.997. The molecule has 1 aromatic heterocycles. The first-order valence-corrected chi connectivity index (χ1v) is 6.31. The molecule has 0 saturated carbocycles. The van der Waals surface area contributed by atoms with E-state index in [4.69, 9.17) is 5.11 Å². The minimum absolute atomic E-state index is 0.138. The highest BCUT2D eigenvalue weighted by Gasteiger charge is 2.21. The van der Waals surface area contributed by atoms with Crippen LogP contribution in [0.2, 0.25) is 0 Å². The van der Waals surface area contributed by atoms with Crippen LogP contribution in [0, 0.1) is 12.8 Å². The van der Waals surface area contributed by atoms with E-state index in [-0.39, 0.29) is 18.2 Å². The summed E-state index contributed by atoms with van der Waals surface area (Å²) >= 11 is 0. The van der Waals surface area contributed by atoms with Gasteiger partial charge in [0, 0.05) is 12.7 Å². The average Bonchev–Trinajstić information content (AvgIpc) is 2.55. The fourth-order valence-electron chi connectivity index (χ4n) is 1.93. The predicted octanol–water partition coefficient (Wildman–Crippen LogP) is 0.887. The summed E-state index contributed by atoms with van der Waals surface area (Å²) in [6.45, 7) is 5.69. The predicted molar refractivity (Wildman–Crippen MR) is 70.7 cm³/mol. The van der Waals surface area contributed by atoms with Crippen LogP contribution in [0.4, 0.5) is 0 Å². The zero-order valence-corrected chi connectivity index (χ0v) is 11.8. The van der Waals surface area contributed by atoms with Gasteiger partial charge >= 0.3 is 5.97 Å². The van der Waals surface area contributed by atoms with E-state index in [1.165, 1.54) is 0 Å². The molecule has 2 N–H and O–H groups in total. The zero-order chi connectivity index (χ0) is 14.6. The van der Waals surface area contributed by atoms with Gasteiger partial charge in [0.15, 0.2) is 0 Å². The maximum absolute atomic E-state index is 11.9. The Labute approximate surface area is 112 Å². The van der Waals surface area contributed by atoms with Crippen molar-refractivity contribution in [3.63, 3.8) is 0 Å². The number of nitrogens with zero attached hydrogens (tertiary/aromatic N) is 2. The van der Waals surface area contributed by atoms with Crippen LogP contribution < -0.4 is 5.32 Å². The summed E-state index contributed by atoms with van der Waals surface area (Å²) in [4.78, 5) is 22.9. The summed E-state index contributed by atoms with van der Waals surface area (Å²) in [5.74, 6) is -1.08. The Morgan fingerprint density at radius 3 is 2.53 bits per heavy atom. The van der Waals surface area contributed by atoms with E-state index in [1.807, 2.05) is 26.8 Å². The lowest BCUT2D eigenvalue weighted by Crippen LogP contribution is -2.42. The lowest BCUT2D eigenvalue weighted by atomic mass is 10.0. The fraction of sp³-hybridized carbons (Fsp3) is 0.615. The first-order valence-electron chi connectivity index (χ1n) is 6.31. The van der Waals surface area contributed by atoms with Crippen molar-refractivity contribution >= 4 is 11.9 Å². The molecule has 0 aliphatic heterocycles. The van der Waals surface area contributed by atoms with E-state index >= 15 is 0 Å². The van der Waals surface area contributed by atoms with E-state index in [2.05, 4.69) is 10.4 Å². The van der Waals surface area contributed by atoms with Gasteiger partial charge in [-0.1, -0.05) is 13.8 Å². The highest BCUT2D eigenvalue weighted by molar-refractivity contribution is 5.84. The fourth-order valence-corrected chi connectivity index (χ4v) is 1.93. The second-order valence-electron chi connectivity index (χ2n) is 5.17. The van der Waals surface area contributed by atoms with E-state index < -0.39 is 12.0 Å². The summed E-state index contributed by atoms with van der Waals surface area (Å²) in [5, 5.41) is 15.8. The number of hydrogen-bond donors (Lipinski definition) is 2. The molecule has 6 heteroatoms. The Balaban J connectivity index is 2.62. The monoisotopic (exact) mass is 267 g/mol. The molecule has 0 aliphatic carbocycles. The van der Waals surface area contributed by atoms with Crippen LogP contribution >= 0.6 is 0 Å². The van der Waals surface area contributed by atoms with Gasteiger partial charge in [-0.15, -0.1) is 0 Å². The summed E-state index contributed by atoms with van der Waals surface area (Å²) in [6, 6.07) is 0.986. The van der Waals surface area contributed by atoms with Crippen LogP contribution in [0.1, 0.15) is 31.7 Å². The number of aromatic nitrogens is 2. The van der Waals surface area contributed by atoms with Crippen molar-refractivity contribution in [2.24, 2.45) is 13.0 Å². The third-order valence-electron chi connectivity index (χ3n) is 2.78. The van der Waals surface area contributed by atoms with Gasteiger partial charge in [0.2, 0.25) is 5.91 Å². The Bertz CT molecular complexity index is 466. The summed E-state index contributed by atoms with van der Waals surface area (Å²) < 4.78 is 1.63. The molecule has 0 aliphatic rings. The topological polar surface area (TPSA) is 84.2 Å². The molecule has 1 atom stereocenters. The maximum Gasteiger partial charge on any atom is 0.326 e. The van der Waals surface area contributed by atoms with Gasteiger partial charge in [0.25, 0.3) is 0 Å². The molecule has 0 radical (unpaired) electrons. The smallest absolute Gasteiger partial charge is 0.326 e. The summed E-state index contributed by atoms with van der Waals surface area (Å²) in [5.41, 5.74) is 1.60. The van der Waals surface area contributed by atoms with Crippen molar-refractivity contribution in [3.05, 3.63) is 17.5 Å². The largest absolute Gasteiger partial charge is 0.480 e. The molecule has 0 spiro atoms. The molecule has 106 valence electrons. The molecule has 0 saturated heterocycles. The van der Waals surface area contributed by atoms with Gasteiger partial charge < -0.3 is 10.4 Å². The molecule has 1 amide bonds. The van der Waals surface area contributed by atoms with Crippen molar-refractivity contribution in [2.45, 2.75) is 39.7 Å². The highest BCUT2D eigenvalue weighted by atomic mass is 16.4. The molecule has 1 rings (SSSR count). The van der Waals surface area contributed by atoms with E-state index in [0.717, 1.165) is 11.4 Å². The van der Waals surface area contributed by atoms with Crippen molar-refractivity contribution in [2.75, 3.05) is 0 Å². The van der Waals surface area contributed by atoms with Gasteiger partial charge in [-0.25, -0.2) is 4.79 Å². The molecular weight excluding hydrogens is 246 g/mol. The molecule has 0 bridgehead atoms. The first-order chi connectivity index (χ1) is 8.79. The Kier molecular flexibility index (Phi) is 5.09. The number of hydrogen-bond acceptors (Lipinski definition) is 3. The zero-order valence-electron chi connectivity index (χ0n) is 11.8. The standard InChI is InChI=1S/C13H21N3O3/c1-8(2)5-11(13(18)19)14-12(17)7-10-6-9(3)15-16(10)4/h6,8,11H,5,7H2,1-4H3,(H,14,17)(H,18,19)/t11-/m1/s1. The molecule has 19 heavy (non-hydrogen) atoms. The van der Waals surface area contributed by atoms with Crippen LogP contribution in [0.3, 0.4) is 0 Å².